The van der Waals surface area contributed by atoms with Gasteiger partial charge in [0.2, 0.25) is 0 Å². The third-order valence-electron chi connectivity index (χ3n) is 3.07. The first kappa shape index (κ1) is 11.5. The Hall–Kier alpha value is -0.530. The Balaban J connectivity index is 0.000000980. The summed E-state index contributed by atoms with van der Waals surface area (Å²) in [4.78, 5) is 0. The molecule has 0 fully saturated rings. The van der Waals surface area contributed by atoms with Gasteiger partial charge >= 0.3 is 0 Å². The Kier molecular flexibility index (Phi) is 3.97. The van der Waals surface area contributed by atoms with E-state index >= 15 is 0 Å². The molecule has 0 aromatic heterocycles. The van der Waals surface area contributed by atoms with Crippen molar-refractivity contribution in [2.45, 2.75) is 38.2 Å². The smallest absolute Gasteiger partial charge is 0.0611 e. The molecule has 0 bridgehead atoms. The average molecular weight is 213 g/mol. The summed E-state index contributed by atoms with van der Waals surface area (Å²) in [6.45, 7) is 2.15. The second-order valence-electron chi connectivity index (χ2n) is 3.82. The van der Waals surface area contributed by atoms with Crippen LogP contribution in [0, 0.1) is 0 Å². The summed E-state index contributed by atoms with van der Waals surface area (Å²) in [6, 6.07) is 8.50. The van der Waals surface area contributed by atoms with Gasteiger partial charge in [0.15, 0.2) is 0 Å². The van der Waals surface area contributed by atoms with Crippen molar-refractivity contribution in [3.8, 4) is 0 Å². The Morgan fingerprint density at radius 3 is 2.79 bits per heavy atom. The standard InChI is InChI=1S/C12H16O.ClH/c1-2-10-11-6-4-3-5-9(11)7-8-12(10)13;/h3-6,10,12-13H,2,7-8H2,1H3;1H. The molecular weight excluding hydrogens is 196 g/mol. The molecule has 2 rings (SSSR count). The van der Waals surface area contributed by atoms with Crippen LogP contribution in [0.4, 0.5) is 0 Å². The van der Waals surface area contributed by atoms with Crippen molar-refractivity contribution in [1.82, 2.24) is 0 Å². The van der Waals surface area contributed by atoms with Crippen molar-refractivity contribution < 1.29 is 5.11 Å². The van der Waals surface area contributed by atoms with Gasteiger partial charge in [0.25, 0.3) is 0 Å². The van der Waals surface area contributed by atoms with Crippen molar-refractivity contribution in [2.24, 2.45) is 0 Å². The second kappa shape index (κ2) is 4.81. The van der Waals surface area contributed by atoms with Gasteiger partial charge in [0, 0.05) is 5.92 Å². The first-order valence-corrected chi connectivity index (χ1v) is 5.08. The SMILES string of the molecule is CCC1c2ccccc2CCC1O.Cl. The molecular formula is C12H17ClO. The zero-order valence-electron chi connectivity index (χ0n) is 8.44. The van der Waals surface area contributed by atoms with Crippen LogP contribution in [-0.4, -0.2) is 11.2 Å². The van der Waals surface area contributed by atoms with Gasteiger partial charge in [-0.15, -0.1) is 12.4 Å². The number of aliphatic hydroxyl groups is 1. The summed E-state index contributed by atoms with van der Waals surface area (Å²) in [6.07, 6.45) is 2.88. The molecule has 0 saturated carbocycles. The molecule has 0 amide bonds. The lowest BCUT2D eigenvalue weighted by molar-refractivity contribution is 0.124. The lowest BCUT2D eigenvalue weighted by Crippen LogP contribution is -2.24. The summed E-state index contributed by atoms with van der Waals surface area (Å²) < 4.78 is 0. The lowest BCUT2D eigenvalue weighted by Gasteiger charge is -2.29. The molecule has 0 spiro atoms. The number of aryl methyl sites for hydroxylation is 1. The molecule has 1 N–H and O–H groups in total. The fraction of sp³-hybridized carbons (Fsp3) is 0.500. The van der Waals surface area contributed by atoms with Crippen LogP contribution in [0.3, 0.4) is 0 Å². The highest BCUT2D eigenvalue weighted by Crippen LogP contribution is 2.33. The van der Waals surface area contributed by atoms with Crippen molar-refractivity contribution in [1.29, 1.82) is 0 Å². The third-order valence-corrected chi connectivity index (χ3v) is 3.07. The number of aliphatic hydroxyl groups excluding tert-OH is 1. The Morgan fingerprint density at radius 1 is 1.36 bits per heavy atom. The highest BCUT2D eigenvalue weighted by atomic mass is 35.5. The minimum atomic E-state index is -0.125. The van der Waals surface area contributed by atoms with Gasteiger partial charge in [-0.3, -0.25) is 0 Å². The number of rotatable bonds is 1. The van der Waals surface area contributed by atoms with Crippen LogP contribution in [0.15, 0.2) is 24.3 Å². The Bertz CT molecular complexity index is 298. The van der Waals surface area contributed by atoms with Gasteiger partial charge in [0.05, 0.1) is 6.10 Å². The molecule has 0 radical (unpaired) electrons. The maximum Gasteiger partial charge on any atom is 0.0611 e. The normalized spacial score (nSPS) is 25.0. The zero-order chi connectivity index (χ0) is 9.26. The summed E-state index contributed by atoms with van der Waals surface area (Å²) in [7, 11) is 0. The topological polar surface area (TPSA) is 20.2 Å². The zero-order valence-corrected chi connectivity index (χ0v) is 9.26. The highest BCUT2D eigenvalue weighted by Gasteiger charge is 2.25. The van der Waals surface area contributed by atoms with E-state index in [4.69, 9.17) is 0 Å². The number of fused-ring (bicyclic) bond motifs is 1. The van der Waals surface area contributed by atoms with Gasteiger partial charge in [-0.25, -0.2) is 0 Å². The summed E-state index contributed by atoms with van der Waals surface area (Å²) in [5.74, 6) is 0.366. The van der Waals surface area contributed by atoms with E-state index in [2.05, 4.69) is 31.2 Å². The second-order valence-corrected chi connectivity index (χ2v) is 3.82. The largest absolute Gasteiger partial charge is 0.392 e. The molecule has 14 heavy (non-hydrogen) atoms. The molecule has 1 aliphatic carbocycles. The van der Waals surface area contributed by atoms with E-state index in [1.807, 2.05) is 0 Å². The molecule has 2 atom stereocenters. The summed E-state index contributed by atoms with van der Waals surface area (Å²) >= 11 is 0. The predicted molar refractivity (Wildman–Crippen MR) is 61.0 cm³/mol. The molecule has 1 aliphatic rings. The highest BCUT2D eigenvalue weighted by molar-refractivity contribution is 5.85. The van der Waals surface area contributed by atoms with E-state index in [0.29, 0.717) is 5.92 Å². The molecule has 0 saturated heterocycles. The van der Waals surface area contributed by atoms with Crippen LogP contribution >= 0.6 is 12.4 Å². The lowest BCUT2D eigenvalue weighted by atomic mass is 9.79. The van der Waals surface area contributed by atoms with Crippen molar-refractivity contribution in [3.05, 3.63) is 35.4 Å². The molecule has 1 nitrogen and oxygen atoms in total. The molecule has 0 heterocycles. The van der Waals surface area contributed by atoms with Gasteiger partial charge in [-0.05, 0) is 30.4 Å². The van der Waals surface area contributed by atoms with Gasteiger partial charge < -0.3 is 5.11 Å². The van der Waals surface area contributed by atoms with E-state index in [9.17, 15) is 5.11 Å². The molecule has 78 valence electrons. The van der Waals surface area contributed by atoms with Crippen LogP contribution in [0.5, 0.6) is 0 Å². The van der Waals surface area contributed by atoms with Crippen LogP contribution in [0.1, 0.15) is 36.8 Å². The van der Waals surface area contributed by atoms with Gasteiger partial charge in [-0.2, -0.15) is 0 Å². The van der Waals surface area contributed by atoms with Gasteiger partial charge in [0.1, 0.15) is 0 Å². The number of hydrogen-bond donors (Lipinski definition) is 1. The monoisotopic (exact) mass is 212 g/mol. The first-order valence-electron chi connectivity index (χ1n) is 5.08. The van der Waals surface area contributed by atoms with Crippen LogP contribution in [-0.2, 0) is 6.42 Å². The minimum Gasteiger partial charge on any atom is -0.392 e. The number of halogens is 1. The molecule has 1 aromatic rings. The van der Waals surface area contributed by atoms with Crippen LogP contribution in [0.2, 0.25) is 0 Å². The quantitative estimate of drug-likeness (QED) is 0.759. The average Bonchev–Trinajstić information content (AvgIpc) is 2.18. The number of hydrogen-bond acceptors (Lipinski definition) is 1. The Labute approximate surface area is 91.6 Å². The molecule has 1 aromatic carbocycles. The molecule has 0 aliphatic heterocycles. The first-order chi connectivity index (χ1) is 6.33. The summed E-state index contributed by atoms with van der Waals surface area (Å²) in [5, 5.41) is 9.82. The van der Waals surface area contributed by atoms with E-state index in [-0.39, 0.29) is 18.5 Å². The van der Waals surface area contributed by atoms with Crippen molar-refractivity contribution in [2.75, 3.05) is 0 Å². The van der Waals surface area contributed by atoms with E-state index in [1.54, 1.807) is 0 Å². The maximum absolute atomic E-state index is 9.82. The van der Waals surface area contributed by atoms with Crippen molar-refractivity contribution in [3.63, 3.8) is 0 Å². The maximum atomic E-state index is 9.82. The van der Waals surface area contributed by atoms with E-state index in [0.717, 1.165) is 19.3 Å². The fourth-order valence-corrected chi connectivity index (χ4v) is 2.33. The van der Waals surface area contributed by atoms with E-state index in [1.165, 1.54) is 11.1 Å². The minimum absolute atomic E-state index is 0. The summed E-state index contributed by atoms with van der Waals surface area (Å²) in [5.41, 5.74) is 2.79. The fourth-order valence-electron chi connectivity index (χ4n) is 2.33. The Morgan fingerprint density at radius 2 is 2.07 bits per heavy atom. The third kappa shape index (κ3) is 1.94. The van der Waals surface area contributed by atoms with Gasteiger partial charge in [-0.1, -0.05) is 31.2 Å². The molecule has 2 heteroatoms. The van der Waals surface area contributed by atoms with Crippen LogP contribution < -0.4 is 0 Å². The van der Waals surface area contributed by atoms with Crippen molar-refractivity contribution >= 4 is 12.4 Å². The van der Waals surface area contributed by atoms with Crippen LogP contribution in [0.25, 0.3) is 0 Å². The van der Waals surface area contributed by atoms with E-state index < -0.39 is 0 Å². The predicted octanol–water partition coefficient (Wildman–Crippen LogP) is 2.91. The number of benzene rings is 1. The molecule has 2 unspecified atom stereocenters.